The van der Waals surface area contributed by atoms with Gasteiger partial charge in [0.25, 0.3) is 0 Å². The Hall–Kier alpha value is -1.29. The molecule has 0 N–H and O–H groups in total. The van der Waals surface area contributed by atoms with Crippen molar-refractivity contribution in [2.45, 2.75) is 19.8 Å². The van der Waals surface area contributed by atoms with Gasteiger partial charge in [0.15, 0.2) is 0 Å². The van der Waals surface area contributed by atoms with Gasteiger partial charge in [0.05, 0.1) is 5.69 Å². The molecule has 0 saturated carbocycles. The summed E-state index contributed by atoms with van der Waals surface area (Å²) in [6, 6.07) is 5.82. The highest BCUT2D eigenvalue weighted by Crippen LogP contribution is 2.19. The molecule has 3 nitrogen and oxygen atoms in total. The Labute approximate surface area is 103 Å². The Morgan fingerprint density at radius 2 is 2.19 bits per heavy atom. The minimum Gasteiger partial charge on any atom is -0.264 e. The first-order valence-corrected chi connectivity index (χ1v) is 6.02. The van der Waals surface area contributed by atoms with Gasteiger partial charge in [-0.1, -0.05) is 6.92 Å². The lowest BCUT2D eigenvalue weighted by Crippen LogP contribution is -1.97. The highest BCUT2D eigenvalue weighted by Gasteiger charge is 2.04. The van der Waals surface area contributed by atoms with E-state index in [0.29, 0.717) is 0 Å². The number of nitrogens with zero attached hydrogens (tertiary/aromatic N) is 3. The molecule has 0 spiro atoms. The van der Waals surface area contributed by atoms with Crippen LogP contribution in [0.25, 0.3) is 11.3 Å². The van der Waals surface area contributed by atoms with E-state index in [9.17, 15) is 0 Å². The third-order valence-electron chi connectivity index (χ3n) is 2.17. The van der Waals surface area contributed by atoms with Crippen LogP contribution in [0.1, 0.15) is 19.2 Å². The first-order chi connectivity index (χ1) is 7.79. The molecule has 16 heavy (non-hydrogen) atoms. The smallest absolute Gasteiger partial charge is 0.130 e. The SMILES string of the molecule is CCCc1nc(Br)cc(-c2cccnc2)n1. The number of hydrogen-bond acceptors (Lipinski definition) is 3. The molecule has 0 aliphatic heterocycles. The maximum absolute atomic E-state index is 4.51. The second kappa shape index (κ2) is 5.16. The van der Waals surface area contributed by atoms with Crippen molar-refractivity contribution < 1.29 is 0 Å². The number of hydrogen-bond donors (Lipinski definition) is 0. The Morgan fingerprint density at radius 1 is 1.31 bits per heavy atom. The summed E-state index contributed by atoms with van der Waals surface area (Å²) in [7, 11) is 0. The van der Waals surface area contributed by atoms with Crippen molar-refractivity contribution in [1.29, 1.82) is 0 Å². The summed E-state index contributed by atoms with van der Waals surface area (Å²) in [6.45, 7) is 2.12. The van der Waals surface area contributed by atoms with E-state index in [1.807, 2.05) is 24.4 Å². The van der Waals surface area contributed by atoms with E-state index >= 15 is 0 Å². The molecular formula is C12H12BrN3. The molecule has 2 aromatic heterocycles. The lowest BCUT2D eigenvalue weighted by molar-refractivity contribution is 0.831. The van der Waals surface area contributed by atoms with Crippen LogP contribution in [0.3, 0.4) is 0 Å². The fourth-order valence-electron chi connectivity index (χ4n) is 1.46. The molecule has 82 valence electrons. The summed E-state index contributed by atoms with van der Waals surface area (Å²) >= 11 is 3.41. The van der Waals surface area contributed by atoms with Crippen LogP contribution in [-0.2, 0) is 6.42 Å². The first-order valence-electron chi connectivity index (χ1n) is 5.23. The van der Waals surface area contributed by atoms with Crippen LogP contribution in [0.4, 0.5) is 0 Å². The van der Waals surface area contributed by atoms with E-state index in [2.05, 4.69) is 37.8 Å². The van der Waals surface area contributed by atoms with Gasteiger partial charge in [-0.25, -0.2) is 9.97 Å². The molecule has 0 amide bonds. The van der Waals surface area contributed by atoms with Gasteiger partial charge < -0.3 is 0 Å². The molecule has 0 aliphatic rings. The first kappa shape index (κ1) is 11.2. The molecule has 0 radical (unpaired) electrons. The minimum atomic E-state index is 0.824. The van der Waals surface area contributed by atoms with Gasteiger partial charge in [-0.3, -0.25) is 4.98 Å². The average Bonchev–Trinajstić information content (AvgIpc) is 2.30. The fraction of sp³-hybridized carbons (Fsp3) is 0.250. The topological polar surface area (TPSA) is 38.7 Å². The van der Waals surface area contributed by atoms with Gasteiger partial charge in [0.2, 0.25) is 0 Å². The number of aromatic nitrogens is 3. The van der Waals surface area contributed by atoms with Crippen molar-refractivity contribution in [2.75, 3.05) is 0 Å². The van der Waals surface area contributed by atoms with Crippen molar-refractivity contribution in [3.05, 3.63) is 41.0 Å². The third-order valence-corrected chi connectivity index (χ3v) is 2.58. The predicted octanol–water partition coefficient (Wildman–Crippen LogP) is 3.25. The van der Waals surface area contributed by atoms with Crippen LogP contribution in [-0.4, -0.2) is 15.0 Å². The van der Waals surface area contributed by atoms with Crippen LogP contribution >= 0.6 is 15.9 Å². The average molecular weight is 278 g/mol. The minimum absolute atomic E-state index is 0.824. The van der Waals surface area contributed by atoms with Crippen LogP contribution in [0.2, 0.25) is 0 Å². The Bertz CT molecular complexity index is 471. The molecule has 2 rings (SSSR count). The van der Waals surface area contributed by atoms with Gasteiger partial charge in [-0.05, 0) is 40.5 Å². The lowest BCUT2D eigenvalue weighted by Gasteiger charge is -2.04. The van der Waals surface area contributed by atoms with Gasteiger partial charge in [0, 0.05) is 24.4 Å². The maximum Gasteiger partial charge on any atom is 0.130 e. The highest BCUT2D eigenvalue weighted by atomic mass is 79.9. The van der Waals surface area contributed by atoms with E-state index in [1.165, 1.54) is 0 Å². The summed E-state index contributed by atoms with van der Waals surface area (Å²) < 4.78 is 0.824. The molecule has 0 unspecified atom stereocenters. The Balaban J connectivity index is 2.41. The van der Waals surface area contributed by atoms with Crippen molar-refractivity contribution in [3.63, 3.8) is 0 Å². The number of pyridine rings is 1. The molecule has 0 atom stereocenters. The predicted molar refractivity (Wildman–Crippen MR) is 67.0 cm³/mol. The van der Waals surface area contributed by atoms with Crippen LogP contribution in [0, 0.1) is 0 Å². The van der Waals surface area contributed by atoms with E-state index < -0.39 is 0 Å². The molecule has 2 aromatic rings. The van der Waals surface area contributed by atoms with Crippen molar-refractivity contribution in [3.8, 4) is 11.3 Å². The molecule has 0 fully saturated rings. The summed E-state index contributed by atoms with van der Waals surface area (Å²) in [4.78, 5) is 12.9. The largest absolute Gasteiger partial charge is 0.264 e. The van der Waals surface area contributed by atoms with E-state index in [4.69, 9.17) is 0 Å². The van der Waals surface area contributed by atoms with Gasteiger partial charge in [-0.2, -0.15) is 0 Å². The van der Waals surface area contributed by atoms with Crippen molar-refractivity contribution in [1.82, 2.24) is 15.0 Å². The zero-order valence-electron chi connectivity index (χ0n) is 9.02. The zero-order valence-corrected chi connectivity index (χ0v) is 10.6. The van der Waals surface area contributed by atoms with Crippen LogP contribution in [0.5, 0.6) is 0 Å². The Kier molecular flexibility index (Phi) is 3.62. The van der Waals surface area contributed by atoms with Gasteiger partial charge >= 0.3 is 0 Å². The standard InChI is InChI=1S/C12H12BrN3/c1-2-4-12-15-10(7-11(13)16-12)9-5-3-6-14-8-9/h3,5-8H,2,4H2,1H3. The summed E-state index contributed by atoms with van der Waals surface area (Å²) in [5, 5.41) is 0. The molecule has 4 heteroatoms. The Morgan fingerprint density at radius 3 is 2.88 bits per heavy atom. The quantitative estimate of drug-likeness (QED) is 0.809. The van der Waals surface area contributed by atoms with Gasteiger partial charge in [-0.15, -0.1) is 0 Å². The molecular weight excluding hydrogens is 266 g/mol. The number of halogens is 1. The maximum atomic E-state index is 4.51. The monoisotopic (exact) mass is 277 g/mol. The summed E-state index contributed by atoms with van der Waals surface area (Å²) in [5.41, 5.74) is 1.93. The molecule has 0 aromatic carbocycles. The fourth-order valence-corrected chi connectivity index (χ4v) is 1.88. The molecule has 0 aliphatic carbocycles. The molecule has 2 heterocycles. The third kappa shape index (κ3) is 2.64. The number of rotatable bonds is 3. The second-order valence-corrected chi connectivity index (χ2v) is 4.30. The molecule has 0 saturated heterocycles. The highest BCUT2D eigenvalue weighted by molar-refractivity contribution is 9.10. The van der Waals surface area contributed by atoms with E-state index in [0.717, 1.165) is 34.5 Å². The van der Waals surface area contributed by atoms with E-state index in [1.54, 1.807) is 6.20 Å². The molecule has 0 bridgehead atoms. The van der Waals surface area contributed by atoms with Crippen molar-refractivity contribution in [2.24, 2.45) is 0 Å². The zero-order chi connectivity index (χ0) is 11.4. The van der Waals surface area contributed by atoms with E-state index in [-0.39, 0.29) is 0 Å². The lowest BCUT2D eigenvalue weighted by atomic mass is 10.2. The van der Waals surface area contributed by atoms with Crippen LogP contribution in [0.15, 0.2) is 35.2 Å². The number of aryl methyl sites for hydroxylation is 1. The van der Waals surface area contributed by atoms with Crippen LogP contribution < -0.4 is 0 Å². The van der Waals surface area contributed by atoms with Gasteiger partial charge in [0.1, 0.15) is 10.4 Å². The van der Waals surface area contributed by atoms with Crippen molar-refractivity contribution >= 4 is 15.9 Å². The summed E-state index contributed by atoms with van der Waals surface area (Å²) in [5.74, 6) is 0.871. The second-order valence-electron chi connectivity index (χ2n) is 3.48. The summed E-state index contributed by atoms with van der Waals surface area (Å²) in [6.07, 6.45) is 5.51. The normalized spacial score (nSPS) is 10.4.